The van der Waals surface area contributed by atoms with E-state index in [4.69, 9.17) is 16.3 Å². The first kappa shape index (κ1) is 17.4. The van der Waals surface area contributed by atoms with Crippen LogP contribution in [0, 0.1) is 0 Å². The molecule has 3 aromatic carbocycles. The monoisotopic (exact) mass is 379 g/mol. The van der Waals surface area contributed by atoms with Gasteiger partial charge in [-0.05, 0) is 47.5 Å². The molecule has 0 aliphatic carbocycles. The zero-order valence-corrected chi connectivity index (χ0v) is 15.3. The van der Waals surface area contributed by atoms with Crippen molar-refractivity contribution in [3.8, 4) is 22.6 Å². The second-order valence-corrected chi connectivity index (χ2v) is 6.87. The SMILES string of the molecule is O=C(c1ccccc1)N1CCOc2c(O)cc(-c3cccc(Cl)c3)cc2C1. The summed E-state index contributed by atoms with van der Waals surface area (Å²) in [7, 11) is 0. The van der Waals surface area contributed by atoms with Crippen molar-refractivity contribution >= 4 is 17.5 Å². The van der Waals surface area contributed by atoms with E-state index in [1.54, 1.807) is 29.2 Å². The van der Waals surface area contributed by atoms with Crippen LogP contribution in [-0.4, -0.2) is 29.1 Å². The average molecular weight is 380 g/mol. The highest BCUT2D eigenvalue weighted by Gasteiger charge is 2.23. The van der Waals surface area contributed by atoms with Gasteiger partial charge in [0, 0.05) is 22.7 Å². The van der Waals surface area contributed by atoms with Gasteiger partial charge in [-0.2, -0.15) is 0 Å². The molecule has 0 saturated heterocycles. The lowest BCUT2D eigenvalue weighted by Crippen LogP contribution is -2.32. The largest absolute Gasteiger partial charge is 0.504 e. The third kappa shape index (κ3) is 3.62. The van der Waals surface area contributed by atoms with Crippen LogP contribution in [0.4, 0.5) is 0 Å². The van der Waals surface area contributed by atoms with Crippen molar-refractivity contribution in [3.63, 3.8) is 0 Å². The number of fused-ring (bicyclic) bond motifs is 1. The van der Waals surface area contributed by atoms with E-state index in [2.05, 4.69) is 0 Å². The Balaban J connectivity index is 1.70. The fraction of sp³-hybridized carbons (Fsp3) is 0.136. The Hall–Kier alpha value is -2.98. The standard InChI is InChI=1S/C22H18ClNO3/c23-19-8-4-7-16(12-19)17-11-18-14-24(9-10-27-21(18)20(25)13-17)22(26)15-5-2-1-3-6-15/h1-8,11-13,25H,9-10,14H2. The minimum atomic E-state index is -0.0558. The van der Waals surface area contributed by atoms with Crippen LogP contribution in [0.3, 0.4) is 0 Å². The number of phenolic OH excluding ortho intramolecular Hbond substituents is 1. The molecular weight excluding hydrogens is 362 g/mol. The fourth-order valence-corrected chi connectivity index (χ4v) is 3.46. The Morgan fingerprint density at radius 1 is 1.00 bits per heavy atom. The molecule has 1 heterocycles. The lowest BCUT2D eigenvalue weighted by Gasteiger charge is -2.20. The molecular formula is C22H18ClNO3. The van der Waals surface area contributed by atoms with Gasteiger partial charge in [0.1, 0.15) is 6.61 Å². The van der Waals surface area contributed by atoms with Crippen molar-refractivity contribution in [2.45, 2.75) is 6.54 Å². The number of phenols is 1. The van der Waals surface area contributed by atoms with Crippen molar-refractivity contribution in [1.82, 2.24) is 4.90 Å². The summed E-state index contributed by atoms with van der Waals surface area (Å²) in [5.74, 6) is 0.445. The van der Waals surface area contributed by atoms with Crippen LogP contribution in [0.2, 0.25) is 5.02 Å². The summed E-state index contributed by atoms with van der Waals surface area (Å²) in [4.78, 5) is 14.6. The molecule has 1 N–H and O–H groups in total. The number of aromatic hydroxyl groups is 1. The topological polar surface area (TPSA) is 49.8 Å². The Bertz CT molecular complexity index is 988. The van der Waals surface area contributed by atoms with Crippen LogP contribution in [0.1, 0.15) is 15.9 Å². The van der Waals surface area contributed by atoms with E-state index in [9.17, 15) is 9.90 Å². The molecule has 1 aliphatic rings. The number of carbonyl (C=O) groups is 1. The molecule has 4 nitrogen and oxygen atoms in total. The van der Waals surface area contributed by atoms with Gasteiger partial charge >= 0.3 is 0 Å². The molecule has 0 unspecified atom stereocenters. The Morgan fingerprint density at radius 3 is 2.59 bits per heavy atom. The zero-order valence-electron chi connectivity index (χ0n) is 14.6. The number of hydrogen-bond acceptors (Lipinski definition) is 3. The van der Waals surface area contributed by atoms with Crippen LogP contribution in [0.15, 0.2) is 66.7 Å². The van der Waals surface area contributed by atoms with Gasteiger partial charge in [0.15, 0.2) is 11.5 Å². The quantitative estimate of drug-likeness (QED) is 0.699. The van der Waals surface area contributed by atoms with Gasteiger partial charge in [0.25, 0.3) is 5.91 Å². The van der Waals surface area contributed by atoms with Crippen LogP contribution in [0.25, 0.3) is 11.1 Å². The normalized spacial score (nSPS) is 13.4. The summed E-state index contributed by atoms with van der Waals surface area (Å²) in [6.07, 6.45) is 0. The number of hydrogen-bond donors (Lipinski definition) is 1. The van der Waals surface area contributed by atoms with Gasteiger partial charge in [-0.3, -0.25) is 4.79 Å². The molecule has 5 heteroatoms. The number of carbonyl (C=O) groups excluding carboxylic acids is 1. The van der Waals surface area contributed by atoms with Crippen molar-refractivity contribution < 1.29 is 14.6 Å². The lowest BCUT2D eigenvalue weighted by molar-refractivity contribution is 0.0733. The first-order valence-corrected chi connectivity index (χ1v) is 9.08. The van der Waals surface area contributed by atoms with Gasteiger partial charge in [0.2, 0.25) is 0 Å². The highest BCUT2D eigenvalue weighted by Crippen LogP contribution is 2.38. The fourth-order valence-electron chi connectivity index (χ4n) is 3.27. The summed E-state index contributed by atoms with van der Waals surface area (Å²) in [6.45, 7) is 1.15. The molecule has 136 valence electrons. The number of benzene rings is 3. The molecule has 0 atom stereocenters. The molecule has 4 rings (SSSR count). The molecule has 0 radical (unpaired) electrons. The maximum atomic E-state index is 12.8. The Labute approximate surface area is 162 Å². The highest BCUT2D eigenvalue weighted by molar-refractivity contribution is 6.30. The Kier molecular flexibility index (Phi) is 4.73. The van der Waals surface area contributed by atoms with Crippen molar-refractivity contribution in [1.29, 1.82) is 0 Å². The van der Waals surface area contributed by atoms with E-state index in [1.165, 1.54) is 0 Å². The summed E-state index contributed by atoms with van der Waals surface area (Å²) in [6, 6.07) is 20.2. The van der Waals surface area contributed by atoms with E-state index in [-0.39, 0.29) is 11.7 Å². The zero-order chi connectivity index (χ0) is 18.8. The van der Waals surface area contributed by atoms with Crippen molar-refractivity contribution in [3.05, 3.63) is 82.9 Å². The van der Waals surface area contributed by atoms with Gasteiger partial charge in [-0.1, -0.05) is 41.9 Å². The smallest absolute Gasteiger partial charge is 0.254 e. The summed E-state index contributed by atoms with van der Waals surface area (Å²) < 4.78 is 5.74. The molecule has 0 aromatic heterocycles. The first-order chi connectivity index (χ1) is 13.1. The van der Waals surface area contributed by atoms with E-state index in [0.717, 1.165) is 16.7 Å². The molecule has 0 saturated carbocycles. The van der Waals surface area contributed by atoms with Gasteiger partial charge in [-0.25, -0.2) is 0 Å². The first-order valence-electron chi connectivity index (χ1n) is 8.71. The molecule has 27 heavy (non-hydrogen) atoms. The van der Waals surface area contributed by atoms with Gasteiger partial charge in [0.05, 0.1) is 6.54 Å². The van der Waals surface area contributed by atoms with E-state index in [1.807, 2.05) is 42.5 Å². The summed E-state index contributed by atoms with van der Waals surface area (Å²) in [5.41, 5.74) is 3.13. The second kappa shape index (κ2) is 7.33. The van der Waals surface area contributed by atoms with Crippen LogP contribution >= 0.6 is 11.6 Å². The Morgan fingerprint density at radius 2 is 1.81 bits per heavy atom. The minimum absolute atomic E-state index is 0.0558. The lowest BCUT2D eigenvalue weighted by atomic mass is 10.0. The van der Waals surface area contributed by atoms with Crippen molar-refractivity contribution in [2.75, 3.05) is 13.2 Å². The number of nitrogens with zero attached hydrogens (tertiary/aromatic N) is 1. The average Bonchev–Trinajstić information content (AvgIpc) is 2.91. The molecule has 1 amide bonds. The predicted octanol–water partition coefficient (Wildman–Crippen LogP) is 4.75. The maximum Gasteiger partial charge on any atom is 0.254 e. The van der Waals surface area contributed by atoms with E-state index >= 15 is 0 Å². The molecule has 0 fully saturated rings. The molecule has 1 aliphatic heterocycles. The third-order valence-electron chi connectivity index (χ3n) is 4.58. The van der Waals surface area contributed by atoms with Crippen LogP contribution in [0.5, 0.6) is 11.5 Å². The number of rotatable bonds is 2. The number of halogens is 1. The number of ether oxygens (including phenoxy) is 1. The molecule has 0 spiro atoms. The number of amides is 1. The van der Waals surface area contributed by atoms with Gasteiger partial charge in [-0.15, -0.1) is 0 Å². The summed E-state index contributed by atoms with van der Waals surface area (Å²) >= 11 is 6.10. The van der Waals surface area contributed by atoms with Crippen LogP contribution in [-0.2, 0) is 6.54 Å². The molecule has 0 bridgehead atoms. The predicted molar refractivity (Wildman–Crippen MR) is 105 cm³/mol. The van der Waals surface area contributed by atoms with E-state index < -0.39 is 0 Å². The van der Waals surface area contributed by atoms with E-state index in [0.29, 0.717) is 36.0 Å². The minimum Gasteiger partial charge on any atom is -0.504 e. The molecule has 3 aromatic rings. The van der Waals surface area contributed by atoms with Gasteiger partial charge < -0.3 is 14.7 Å². The second-order valence-electron chi connectivity index (χ2n) is 6.44. The highest BCUT2D eigenvalue weighted by atomic mass is 35.5. The summed E-state index contributed by atoms with van der Waals surface area (Å²) in [5, 5.41) is 11.1. The van der Waals surface area contributed by atoms with Crippen molar-refractivity contribution in [2.24, 2.45) is 0 Å². The third-order valence-corrected chi connectivity index (χ3v) is 4.82. The maximum absolute atomic E-state index is 12.8. The van der Waals surface area contributed by atoms with Crippen LogP contribution < -0.4 is 4.74 Å².